The topological polar surface area (TPSA) is 47.0 Å². The van der Waals surface area contributed by atoms with Crippen molar-refractivity contribution in [2.75, 3.05) is 13.2 Å². The van der Waals surface area contributed by atoms with Gasteiger partial charge in [0.15, 0.2) is 5.82 Å². The van der Waals surface area contributed by atoms with Crippen LogP contribution in [0.1, 0.15) is 51.7 Å². The van der Waals surface area contributed by atoms with Gasteiger partial charge in [0, 0.05) is 19.3 Å². The Hall–Kier alpha value is -1.00. The van der Waals surface area contributed by atoms with E-state index in [9.17, 15) is 0 Å². The summed E-state index contributed by atoms with van der Waals surface area (Å²) in [5.41, 5.74) is 1.03. The molecule has 0 aliphatic rings. The zero-order valence-corrected chi connectivity index (χ0v) is 11.9. The van der Waals surface area contributed by atoms with Crippen LogP contribution in [0.5, 0.6) is 0 Å². The number of aromatic nitrogens is 2. The van der Waals surface area contributed by atoms with Crippen LogP contribution >= 0.6 is 0 Å². The van der Waals surface area contributed by atoms with Crippen molar-refractivity contribution in [2.24, 2.45) is 5.92 Å². The molecule has 0 amide bonds. The highest BCUT2D eigenvalue weighted by Gasteiger charge is 2.12. The minimum absolute atomic E-state index is 0.0139. The molecular weight excluding hydrogens is 226 g/mol. The van der Waals surface area contributed by atoms with Crippen molar-refractivity contribution >= 4 is 0 Å². The Bertz CT molecular complexity index is 342. The Balaban J connectivity index is 2.60. The Morgan fingerprint density at radius 2 is 2.11 bits per heavy atom. The van der Waals surface area contributed by atoms with Crippen molar-refractivity contribution in [3.63, 3.8) is 0 Å². The summed E-state index contributed by atoms with van der Waals surface area (Å²) in [4.78, 5) is 8.87. The van der Waals surface area contributed by atoms with Crippen LogP contribution in [0.3, 0.4) is 0 Å². The maximum atomic E-state index is 5.63. The normalized spacial score (nSPS) is 12.9. The van der Waals surface area contributed by atoms with Crippen molar-refractivity contribution < 1.29 is 4.74 Å². The van der Waals surface area contributed by atoms with E-state index in [4.69, 9.17) is 4.74 Å². The number of nitrogens with one attached hydrogen (secondary N) is 1. The lowest BCUT2D eigenvalue weighted by Crippen LogP contribution is -2.20. The number of hydrogen-bond acceptors (Lipinski definition) is 4. The molecule has 1 aromatic heterocycles. The summed E-state index contributed by atoms with van der Waals surface area (Å²) in [6.07, 6.45) is 2.73. The lowest BCUT2D eigenvalue weighted by Gasteiger charge is -2.14. The molecule has 4 heteroatoms. The number of rotatable bonds is 8. The molecule has 18 heavy (non-hydrogen) atoms. The summed E-state index contributed by atoms with van der Waals surface area (Å²) in [7, 11) is 0. The number of hydrogen-bond donors (Lipinski definition) is 1. The highest BCUT2D eigenvalue weighted by atomic mass is 16.5. The second-order valence-corrected chi connectivity index (χ2v) is 4.78. The van der Waals surface area contributed by atoms with E-state index in [0.717, 1.165) is 31.0 Å². The van der Waals surface area contributed by atoms with E-state index >= 15 is 0 Å². The highest BCUT2D eigenvalue weighted by Crippen LogP contribution is 2.16. The Morgan fingerprint density at radius 1 is 1.33 bits per heavy atom. The van der Waals surface area contributed by atoms with Crippen LogP contribution in [0.2, 0.25) is 0 Å². The fraction of sp³-hybridized carbons (Fsp3) is 0.714. The minimum atomic E-state index is 0.0139. The molecule has 102 valence electrons. The molecule has 0 saturated carbocycles. The van der Waals surface area contributed by atoms with Gasteiger partial charge in [-0.2, -0.15) is 0 Å². The van der Waals surface area contributed by atoms with Crippen molar-refractivity contribution in [2.45, 2.75) is 46.8 Å². The molecule has 0 aliphatic carbocycles. The molecular formula is C14H25N3O. The summed E-state index contributed by atoms with van der Waals surface area (Å²) >= 11 is 0. The summed E-state index contributed by atoms with van der Waals surface area (Å²) in [6, 6.07) is 1.95. The van der Waals surface area contributed by atoms with Gasteiger partial charge in [-0.1, -0.05) is 20.8 Å². The maximum Gasteiger partial charge on any atom is 0.157 e. The van der Waals surface area contributed by atoms with Gasteiger partial charge in [0.1, 0.15) is 6.10 Å². The van der Waals surface area contributed by atoms with Crippen LogP contribution in [0.25, 0.3) is 0 Å². The molecule has 0 saturated heterocycles. The summed E-state index contributed by atoms with van der Waals surface area (Å²) in [5, 5.41) is 3.39. The van der Waals surface area contributed by atoms with Crippen molar-refractivity contribution in [3.05, 3.63) is 23.8 Å². The first-order chi connectivity index (χ1) is 8.67. The monoisotopic (exact) mass is 251 g/mol. The van der Waals surface area contributed by atoms with Crippen LogP contribution in [-0.4, -0.2) is 23.1 Å². The van der Waals surface area contributed by atoms with Gasteiger partial charge < -0.3 is 10.1 Å². The average molecular weight is 251 g/mol. The molecule has 1 unspecified atom stereocenters. The van der Waals surface area contributed by atoms with Gasteiger partial charge in [-0.25, -0.2) is 9.97 Å². The lowest BCUT2D eigenvalue weighted by atomic mass is 10.2. The van der Waals surface area contributed by atoms with Gasteiger partial charge in [0.2, 0.25) is 0 Å². The first kappa shape index (κ1) is 15.1. The molecule has 1 heterocycles. The predicted octanol–water partition coefficient (Wildman–Crippen LogP) is 2.71. The summed E-state index contributed by atoms with van der Waals surface area (Å²) in [6.45, 7) is 11.0. The second-order valence-electron chi connectivity index (χ2n) is 4.78. The molecule has 1 atom stereocenters. The average Bonchev–Trinajstić information content (AvgIpc) is 2.36. The zero-order chi connectivity index (χ0) is 13.4. The quantitative estimate of drug-likeness (QED) is 0.771. The molecule has 1 aromatic rings. The SMILES string of the molecule is CCOC(CC)c1nccc(CNCC(C)C)n1. The molecule has 0 bridgehead atoms. The van der Waals surface area contributed by atoms with Gasteiger partial charge in [0.05, 0.1) is 5.69 Å². The fourth-order valence-corrected chi connectivity index (χ4v) is 1.73. The zero-order valence-electron chi connectivity index (χ0n) is 11.9. The van der Waals surface area contributed by atoms with Gasteiger partial charge in [0.25, 0.3) is 0 Å². The standard InChI is InChI=1S/C14H25N3O/c1-5-13(18-6-2)14-16-8-7-12(17-14)10-15-9-11(3)4/h7-8,11,13,15H,5-6,9-10H2,1-4H3. The van der Waals surface area contributed by atoms with E-state index in [2.05, 4.69) is 36.1 Å². The Morgan fingerprint density at radius 3 is 2.72 bits per heavy atom. The van der Waals surface area contributed by atoms with Crippen molar-refractivity contribution in [1.29, 1.82) is 0 Å². The van der Waals surface area contributed by atoms with Crippen LogP contribution in [0.4, 0.5) is 0 Å². The highest BCUT2D eigenvalue weighted by molar-refractivity contribution is 5.04. The summed E-state index contributed by atoms with van der Waals surface area (Å²) < 4.78 is 5.63. The summed E-state index contributed by atoms with van der Waals surface area (Å²) in [5.74, 6) is 1.45. The van der Waals surface area contributed by atoms with E-state index < -0.39 is 0 Å². The molecule has 4 nitrogen and oxygen atoms in total. The van der Waals surface area contributed by atoms with Crippen LogP contribution in [0.15, 0.2) is 12.3 Å². The largest absolute Gasteiger partial charge is 0.371 e. The van der Waals surface area contributed by atoms with Crippen LogP contribution < -0.4 is 5.32 Å². The first-order valence-corrected chi connectivity index (χ1v) is 6.81. The second kappa shape index (κ2) is 8.16. The third-order valence-corrected chi connectivity index (χ3v) is 2.62. The van der Waals surface area contributed by atoms with Crippen molar-refractivity contribution in [3.8, 4) is 0 Å². The molecule has 0 spiro atoms. The van der Waals surface area contributed by atoms with E-state index in [1.165, 1.54) is 0 Å². The Labute approximate surface area is 110 Å². The van der Waals surface area contributed by atoms with Crippen LogP contribution in [0, 0.1) is 5.92 Å². The molecule has 0 aromatic carbocycles. The van der Waals surface area contributed by atoms with Gasteiger partial charge in [-0.15, -0.1) is 0 Å². The molecule has 1 rings (SSSR count). The fourth-order valence-electron chi connectivity index (χ4n) is 1.73. The van der Waals surface area contributed by atoms with Crippen LogP contribution in [-0.2, 0) is 11.3 Å². The van der Waals surface area contributed by atoms with Gasteiger partial charge in [-0.05, 0) is 31.9 Å². The lowest BCUT2D eigenvalue weighted by molar-refractivity contribution is 0.0533. The maximum absolute atomic E-state index is 5.63. The minimum Gasteiger partial charge on any atom is -0.371 e. The molecule has 0 radical (unpaired) electrons. The van der Waals surface area contributed by atoms with E-state index in [-0.39, 0.29) is 6.10 Å². The third-order valence-electron chi connectivity index (χ3n) is 2.62. The van der Waals surface area contributed by atoms with Gasteiger partial charge in [-0.3, -0.25) is 0 Å². The van der Waals surface area contributed by atoms with Gasteiger partial charge >= 0.3 is 0 Å². The number of nitrogens with zero attached hydrogens (tertiary/aromatic N) is 2. The third kappa shape index (κ3) is 5.10. The first-order valence-electron chi connectivity index (χ1n) is 6.81. The van der Waals surface area contributed by atoms with Crippen molar-refractivity contribution in [1.82, 2.24) is 15.3 Å². The van der Waals surface area contributed by atoms with E-state index in [1.807, 2.05) is 19.2 Å². The molecule has 0 aliphatic heterocycles. The molecule has 0 fully saturated rings. The van der Waals surface area contributed by atoms with E-state index in [0.29, 0.717) is 12.5 Å². The number of ether oxygens (including phenoxy) is 1. The Kier molecular flexibility index (Phi) is 6.83. The van der Waals surface area contributed by atoms with E-state index in [1.54, 1.807) is 0 Å². The molecule has 1 N–H and O–H groups in total. The smallest absolute Gasteiger partial charge is 0.157 e. The predicted molar refractivity (Wildman–Crippen MR) is 73.2 cm³/mol.